The first-order valence-electron chi connectivity index (χ1n) is 7.45. The minimum absolute atomic E-state index is 0.127. The topological polar surface area (TPSA) is 42.3 Å². The lowest BCUT2D eigenvalue weighted by Crippen LogP contribution is -2.34. The molecule has 0 amide bonds. The van der Waals surface area contributed by atoms with Gasteiger partial charge in [-0.15, -0.1) is 0 Å². The van der Waals surface area contributed by atoms with Gasteiger partial charge in [0, 0.05) is 13.7 Å². The third-order valence-electron chi connectivity index (χ3n) is 3.62. The van der Waals surface area contributed by atoms with Crippen molar-refractivity contribution in [2.24, 2.45) is 0 Å². The first-order valence-corrected chi connectivity index (χ1v) is 7.83. The van der Waals surface area contributed by atoms with Gasteiger partial charge in [0.15, 0.2) is 0 Å². The summed E-state index contributed by atoms with van der Waals surface area (Å²) >= 11 is 6.39. The maximum absolute atomic E-state index is 6.39. The van der Waals surface area contributed by atoms with Crippen LogP contribution in [0.5, 0.6) is 0 Å². The van der Waals surface area contributed by atoms with Crippen LogP contribution in [0.1, 0.15) is 38.9 Å². The van der Waals surface area contributed by atoms with Gasteiger partial charge in [-0.1, -0.05) is 18.5 Å². The van der Waals surface area contributed by atoms with Crippen molar-refractivity contribution in [3.8, 4) is 0 Å². The number of methoxy groups -OCH3 is 1. The Labute approximate surface area is 133 Å². The van der Waals surface area contributed by atoms with Gasteiger partial charge in [0.1, 0.15) is 0 Å². The number of nitrogens with zero attached hydrogens (tertiary/aromatic N) is 3. The van der Waals surface area contributed by atoms with Gasteiger partial charge in [-0.05, 0) is 40.9 Å². The molecule has 1 heterocycles. The molecule has 1 atom stereocenters. The van der Waals surface area contributed by atoms with Gasteiger partial charge in [-0.3, -0.25) is 4.68 Å². The zero-order valence-electron chi connectivity index (χ0n) is 14.1. The zero-order valence-corrected chi connectivity index (χ0v) is 14.9. The first-order chi connectivity index (χ1) is 9.80. The number of ether oxygens (including phenoxy) is 1. The van der Waals surface area contributed by atoms with Crippen molar-refractivity contribution in [2.45, 2.75) is 45.4 Å². The fraction of sp³-hybridized carbons (Fsp3) is 0.800. The van der Waals surface area contributed by atoms with E-state index in [1.165, 1.54) is 0 Å². The predicted octanol–water partition coefficient (Wildman–Crippen LogP) is 2.56. The van der Waals surface area contributed by atoms with E-state index in [0.29, 0.717) is 5.02 Å². The van der Waals surface area contributed by atoms with Crippen molar-refractivity contribution < 1.29 is 4.74 Å². The monoisotopic (exact) mass is 316 g/mol. The van der Waals surface area contributed by atoms with Crippen LogP contribution in [0.15, 0.2) is 6.20 Å². The molecule has 0 saturated heterocycles. The van der Waals surface area contributed by atoms with E-state index in [2.05, 4.69) is 50.2 Å². The molecule has 0 radical (unpaired) electrons. The van der Waals surface area contributed by atoms with Crippen LogP contribution in [0, 0.1) is 0 Å². The van der Waals surface area contributed by atoms with Crippen LogP contribution >= 0.6 is 11.6 Å². The van der Waals surface area contributed by atoms with Crippen LogP contribution in [0.3, 0.4) is 0 Å². The quantitative estimate of drug-likeness (QED) is 0.760. The molecule has 0 aromatic carbocycles. The van der Waals surface area contributed by atoms with Gasteiger partial charge in [0.25, 0.3) is 0 Å². The Bertz CT molecular complexity index is 431. The molecule has 0 fully saturated rings. The molecule has 1 N–H and O–H groups in total. The molecule has 5 nitrogen and oxygen atoms in total. The summed E-state index contributed by atoms with van der Waals surface area (Å²) in [6.45, 7) is 8.90. The maximum atomic E-state index is 6.39. The predicted molar refractivity (Wildman–Crippen MR) is 87.9 cm³/mol. The van der Waals surface area contributed by atoms with Crippen molar-refractivity contribution in [3.63, 3.8) is 0 Å². The number of hydrogen-bond acceptors (Lipinski definition) is 4. The fourth-order valence-corrected chi connectivity index (χ4v) is 2.55. The molecule has 0 aliphatic heterocycles. The minimum Gasteiger partial charge on any atom is -0.379 e. The van der Waals surface area contributed by atoms with Crippen LogP contribution < -0.4 is 5.32 Å². The maximum Gasteiger partial charge on any atom is 0.0834 e. The molecule has 0 aliphatic rings. The molecular formula is C15H29ClN4O. The van der Waals surface area contributed by atoms with Crippen LogP contribution in [-0.4, -0.2) is 54.6 Å². The molecule has 0 bridgehead atoms. The van der Waals surface area contributed by atoms with E-state index < -0.39 is 0 Å². The Morgan fingerprint density at radius 2 is 2.14 bits per heavy atom. The Morgan fingerprint density at radius 3 is 2.67 bits per heavy atom. The average Bonchev–Trinajstić information content (AvgIpc) is 2.77. The van der Waals surface area contributed by atoms with Crippen LogP contribution in [0.25, 0.3) is 0 Å². The van der Waals surface area contributed by atoms with Crippen molar-refractivity contribution in [1.29, 1.82) is 0 Å². The molecule has 122 valence electrons. The second-order valence-electron chi connectivity index (χ2n) is 6.18. The molecule has 1 aromatic heterocycles. The summed E-state index contributed by atoms with van der Waals surface area (Å²) in [4.78, 5) is 2.14. The number of aromatic nitrogens is 2. The van der Waals surface area contributed by atoms with Crippen molar-refractivity contribution >= 4 is 11.6 Å². The SMILES string of the molecule is CCNC(CC(C)(C)OC)c1c(Cl)cnn1CCN(C)C. The highest BCUT2D eigenvalue weighted by atomic mass is 35.5. The Kier molecular flexibility index (Phi) is 7.13. The summed E-state index contributed by atoms with van der Waals surface area (Å²) in [7, 11) is 5.86. The Morgan fingerprint density at radius 1 is 1.48 bits per heavy atom. The highest BCUT2D eigenvalue weighted by Crippen LogP contribution is 2.30. The second-order valence-corrected chi connectivity index (χ2v) is 6.59. The Hall–Kier alpha value is -0.620. The van der Waals surface area contributed by atoms with Crippen LogP contribution in [-0.2, 0) is 11.3 Å². The summed E-state index contributed by atoms with van der Waals surface area (Å²) in [6.07, 6.45) is 2.57. The molecule has 0 saturated carbocycles. The molecule has 1 unspecified atom stereocenters. The van der Waals surface area contributed by atoms with E-state index in [4.69, 9.17) is 16.3 Å². The molecule has 1 rings (SSSR count). The van der Waals surface area contributed by atoms with Crippen molar-refractivity contribution in [3.05, 3.63) is 16.9 Å². The third-order valence-corrected chi connectivity index (χ3v) is 3.91. The minimum atomic E-state index is -0.215. The highest BCUT2D eigenvalue weighted by molar-refractivity contribution is 6.31. The molecule has 0 spiro atoms. The summed E-state index contributed by atoms with van der Waals surface area (Å²) in [5, 5.41) is 8.64. The van der Waals surface area contributed by atoms with Gasteiger partial charge in [-0.25, -0.2) is 0 Å². The number of likely N-dealkylation sites (N-methyl/N-ethyl adjacent to an activating group) is 1. The van der Waals surface area contributed by atoms with Crippen LogP contribution in [0.4, 0.5) is 0 Å². The summed E-state index contributed by atoms with van der Waals surface area (Å²) in [5.74, 6) is 0. The van der Waals surface area contributed by atoms with E-state index in [9.17, 15) is 0 Å². The van der Waals surface area contributed by atoms with E-state index >= 15 is 0 Å². The summed E-state index contributed by atoms with van der Waals surface area (Å²) < 4.78 is 7.57. The van der Waals surface area contributed by atoms with E-state index in [-0.39, 0.29) is 11.6 Å². The lowest BCUT2D eigenvalue weighted by molar-refractivity contribution is 0.00624. The Balaban J connectivity index is 2.98. The number of rotatable bonds is 9. The average molecular weight is 317 g/mol. The number of nitrogens with one attached hydrogen (secondary N) is 1. The molecule has 1 aromatic rings. The van der Waals surface area contributed by atoms with Gasteiger partial charge >= 0.3 is 0 Å². The van der Waals surface area contributed by atoms with Gasteiger partial charge in [-0.2, -0.15) is 5.10 Å². The summed E-state index contributed by atoms with van der Waals surface area (Å²) in [6, 6.07) is 0.127. The van der Waals surface area contributed by atoms with Crippen LogP contribution in [0.2, 0.25) is 5.02 Å². The van der Waals surface area contributed by atoms with Gasteiger partial charge in [0.2, 0.25) is 0 Å². The molecule has 21 heavy (non-hydrogen) atoms. The third kappa shape index (κ3) is 5.58. The smallest absolute Gasteiger partial charge is 0.0834 e. The number of hydrogen-bond donors (Lipinski definition) is 1. The normalized spacial score (nSPS) is 13.9. The largest absolute Gasteiger partial charge is 0.379 e. The zero-order chi connectivity index (χ0) is 16.0. The number of halogens is 1. The van der Waals surface area contributed by atoms with E-state index in [0.717, 1.165) is 31.7 Å². The summed E-state index contributed by atoms with van der Waals surface area (Å²) in [5.41, 5.74) is 0.831. The first kappa shape index (κ1) is 18.4. The van der Waals surface area contributed by atoms with Gasteiger partial charge < -0.3 is 15.0 Å². The van der Waals surface area contributed by atoms with Crippen molar-refractivity contribution in [1.82, 2.24) is 20.0 Å². The fourth-order valence-electron chi connectivity index (χ4n) is 2.28. The van der Waals surface area contributed by atoms with E-state index in [1.54, 1.807) is 13.3 Å². The molecular weight excluding hydrogens is 288 g/mol. The van der Waals surface area contributed by atoms with E-state index in [1.807, 2.05) is 4.68 Å². The molecule has 6 heteroatoms. The highest BCUT2D eigenvalue weighted by Gasteiger charge is 2.27. The lowest BCUT2D eigenvalue weighted by atomic mass is 9.96. The standard InChI is InChI=1S/C15H29ClN4O/c1-7-17-13(10-15(2,3)21-6)14-12(16)11-18-20(14)9-8-19(4)5/h11,13,17H,7-10H2,1-6H3. The van der Waals surface area contributed by atoms with Gasteiger partial charge in [0.05, 0.1) is 35.1 Å². The second kappa shape index (κ2) is 8.13. The van der Waals surface area contributed by atoms with Crippen molar-refractivity contribution in [2.75, 3.05) is 34.3 Å². The molecule has 0 aliphatic carbocycles. The lowest BCUT2D eigenvalue weighted by Gasteiger charge is -2.30.